The quantitative estimate of drug-likeness (QED) is 0.236. The Morgan fingerprint density at radius 2 is 1.76 bits per heavy atom. The average Bonchev–Trinajstić information content (AvgIpc) is 3.12. The molecular weight excluding hydrogens is 479 g/mol. The Morgan fingerprint density at radius 3 is 2.62 bits per heavy atom. The van der Waals surface area contributed by atoms with Gasteiger partial charge in [0.05, 0.1) is 0 Å². The fourth-order valence-electron chi connectivity index (χ4n) is 2.79. The SMILES string of the molecule is I.NC(=NCCc1nnc2ccccn12)Nc1cccc(Oc2ccccc2)c1. The Hall–Kier alpha value is -3.14. The van der Waals surface area contributed by atoms with E-state index in [9.17, 15) is 0 Å². The van der Waals surface area contributed by atoms with Crippen LogP contribution >= 0.6 is 24.0 Å². The van der Waals surface area contributed by atoms with E-state index in [2.05, 4.69) is 20.5 Å². The third-order valence-electron chi connectivity index (χ3n) is 4.09. The number of para-hydroxylation sites is 1. The van der Waals surface area contributed by atoms with E-state index >= 15 is 0 Å². The molecule has 148 valence electrons. The molecule has 0 radical (unpaired) electrons. The lowest BCUT2D eigenvalue weighted by Gasteiger charge is -2.09. The molecule has 0 saturated carbocycles. The molecule has 0 aliphatic rings. The minimum Gasteiger partial charge on any atom is -0.457 e. The summed E-state index contributed by atoms with van der Waals surface area (Å²) in [7, 11) is 0. The van der Waals surface area contributed by atoms with Crippen molar-refractivity contribution in [3.8, 4) is 11.5 Å². The Kier molecular flexibility index (Phi) is 7.01. The number of fused-ring (bicyclic) bond motifs is 1. The second kappa shape index (κ2) is 9.87. The van der Waals surface area contributed by atoms with Crippen molar-refractivity contribution in [2.75, 3.05) is 11.9 Å². The van der Waals surface area contributed by atoms with Crippen molar-refractivity contribution in [1.29, 1.82) is 0 Å². The zero-order valence-electron chi connectivity index (χ0n) is 15.6. The summed E-state index contributed by atoms with van der Waals surface area (Å²) in [6.45, 7) is 0.509. The van der Waals surface area contributed by atoms with Crippen LogP contribution in [-0.4, -0.2) is 27.1 Å². The maximum atomic E-state index is 6.02. The number of pyridine rings is 1. The Bertz CT molecular complexity index is 1100. The molecule has 7 nitrogen and oxygen atoms in total. The largest absolute Gasteiger partial charge is 0.457 e. The lowest BCUT2D eigenvalue weighted by molar-refractivity contribution is 0.483. The zero-order valence-corrected chi connectivity index (χ0v) is 17.9. The van der Waals surface area contributed by atoms with Gasteiger partial charge in [0, 0.05) is 30.9 Å². The minimum atomic E-state index is 0. The first-order valence-electron chi connectivity index (χ1n) is 8.96. The monoisotopic (exact) mass is 500 g/mol. The molecule has 4 rings (SSSR count). The van der Waals surface area contributed by atoms with E-state index < -0.39 is 0 Å². The highest BCUT2D eigenvalue weighted by molar-refractivity contribution is 14.0. The summed E-state index contributed by atoms with van der Waals surface area (Å²) < 4.78 is 7.78. The van der Waals surface area contributed by atoms with Crippen molar-refractivity contribution in [3.63, 3.8) is 0 Å². The number of benzene rings is 2. The van der Waals surface area contributed by atoms with Gasteiger partial charge < -0.3 is 15.8 Å². The first kappa shape index (κ1) is 20.6. The van der Waals surface area contributed by atoms with Crippen LogP contribution in [0.4, 0.5) is 5.69 Å². The molecule has 29 heavy (non-hydrogen) atoms. The Labute approximate surface area is 185 Å². The van der Waals surface area contributed by atoms with Gasteiger partial charge in [-0.25, -0.2) is 0 Å². The average molecular weight is 500 g/mol. The second-order valence-corrected chi connectivity index (χ2v) is 6.13. The van der Waals surface area contributed by atoms with Gasteiger partial charge in [-0.15, -0.1) is 34.2 Å². The molecule has 0 atom stereocenters. The van der Waals surface area contributed by atoms with E-state index in [4.69, 9.17) is 10.5 Å². The van der Waals surface area contributed by atoms with Gasteiger partial charge in [0.15, 0.2) is 11.6 Å². The standard InChI is InChI=1S/C21H20N6O.HI/c22-21(23-13-12-20-26-25-19-11-4-5-14-27(19)20)24-16-7-6-10-18(15-16)28-17-8-2-1-3-9-17;/h1-11,14-15H,12-13H2,(H3,22,23,24);1H. The summed E-state index contributed by atoms with van der Waals surface area (Å²) in [5.74, 6) is 2.69. The van der Waals surface area contributed by atoms with Gasteiger partial charge in [-0.2, -0.15) is 0 Å². The number of aromatic nitrogens is 3. The third-order valence-corrected chi connectivity index (χ3v) is 4.09. The topological polar surface area (TPSA) is 89.8 Å². The molecule has 2 aromatic carbocycles. The van der Waals surface area contributed by atoms with E-state index in [1.807, 2.05) is 83.4 Å². The van der Waals surface area contributed by atoms with Crippen molar-refractivity contribution < 1.29 is 4.74 Å². The lowest BCUT2D eigenvalue weighted by Crippen LogP contribution is -2.23. The molecule has 2 aromatic heterocycles. The lowest BCUT2D eigenvalue weighted by atomic mass is 10.3. The van der Waals surface area contributed by atoms with Crippen LogP contribution in [0.5, 0.6) is 11.5 Å². The molecule has 0 amide bonds. The van der Waals surface area contributed by atoms with Crippen LogP contribution in [-0.2, 0) is 6.42 Å². The van der Waals surface area contributed by atoms with Crippen molar-refractivity contribution in [2.24, 2.45) is 10.7 Å². The number of hydrogen-bond donors (Lipinski definition) is 2. The summed E-state index contributed by atoms with van der Waals surface area (Å²) in [6, 6.07) is 23.0. The van der Waals surface area contributed by atoms with Gasteiger partial charge in [0.25, 0.3) is 0 Å². The Balaban J connectivity index is 0.00000240. The predicted molar refractivity (Wildman–Crippen MR) is 125 cm³/mol. The van der Waals surface area contributed by atoms with Gasteiger partial charge in [-0.3, -0.25) is 9.39 Å². The number of nitrogens with two attached hydrogens (primary N) is 1. The number of ether oxygens (including phenoxy) is 1. The number of nitrogens with one attached hydrogen (secondary N) is 1. The maximum absolute atomic E-state index is 6.02. The second-order valence-electron chi connectivity index (χ2n) is 6.13. The molecule has 0 bridgehead atoms. The smallest absolute Gasteiger partial charge is 0.193 e. The molecule has 0 aliphatic carbocycles. The number of nitrogens with zero attached hydrogens (tertiary/aromatic N) is 4. The summed E-state index contributed by atoms with van der Waals surface area (Å²) in [5.41, 5.74) is 7.65. The van der Waals surface area contributed by atoms with E-state index in [1.54, 1.807) is 0 Å². The van der Waals surface area contributed by atoms with Gasteiger partial charge in [-0.1, -0.05) is 30.3 Å². The number of rotatable bonds is 6. The van der Waals surface area contributed by atoms with Crippen LogP contribution in [0.25, 0.3) is 5.65 Å². The summed E-state index contributed by atoms with van der Waals surface area (Å²) in [5, 5.41) is 11.4. The van der Waals surface area contributed by atoms with Crippen LogP contribution in [0.15, 0.2) is 84.0 Å². The van der Waals surface area contributed by atoms with Crippen LogP contribution in [0.1, 0.15) is 5.82 Å². The van der Waals surface area contributed by atoms with Crippen molar-refractivity contribution in [1.82, 2.24) is 14.6 Å². The highest BCUT2D eigenvalue weighted by atomic mass is 127. The van der Waals surface area contributed by atoms with Gasteiger partial charge in [0.2, 0.25) is 0 Å². The molecule has 0 fully saturated rings. The fourth-order valence-corrected chi connectivity index (χ4v) is 2.79. The zero-order chi connectivity index (χ0) is 19.2. The Morgan fingerprint density at radius 1 is 0.966 bits per heavy atom. The molecule has 0 spiro atoms. The number of hydrogen-bond acceptors (Lipinski definition) is 4. The van der Waals surface area contributed by atoms with E-state index in [0.29, 0.717) is 18.9 Å². The highest BCUT2D eigenvalue weighted by Crippen LogP contribution is 2.23. The van der Waals surface area contributed by atoms with Crippen LogP contribution in [0.3, 0.4) is 0 Å². The van der Waals surface area contributed by atoms with Crippen molar-refractivity contribution in [2.45, 2.75) is 6.42 Å². The van der Waals surface area contributed by atoms with Gasteiger partial charge in [0.1, 0.15) is 17.3 Å². The highest BCUT2D eigenvalue weighted by Gasteiger charge is 2.04. The van der Waals surface area contributed by atoms with Crippen molar-refractivity contribution >= 4 is 41.3 Å². The minimum absolute atomic E-state index is 0. The summed E-state index contributed by atoms with van der Waals surface area (Å²) >= 11 is 0. The molecule has 0 unspecified atom stereocenters. The first-order valence-corrected chi connectivity index (χ1v) is 8.96. The predicted octanol–water partition coefficient (Wildman–Crippen LogP) is 4.11. The molecule has 3 N–H and O–H groups in total. The third kappa shape index (κ3) is 5.44. The number of guanidine groups is 1. The van der Waals surface area contributed by atoms with E-state index in [1.165, 1.54) is 0 Å². The first-order chi connectivity index (χ1) is 13.8. The van der Waals surface area contributed by atoms with Crippen LogP contribution in [0, 0.1) is 0 Å². The van der Waals surface area contributed by atoms with Gasteiger partial charge in [-0.05, 0) is 36.4 Å². The summed E-state index contributed by atoms with van der Waals surface area (Å²) in [4.78, 5) is 4.38. The number of anilines is 1. The number of halogens is 1. The molecule has 0 saturated heterocycles. The molecule has 0 aliphatic heterocycles. The molecular formula is C21H21IN6O. The summed E-state index contributed by atoms with van der Waals surface area (Å²) in [6.07, 6.45) is 2.58. The van der Waals surface area contributed by atoms with Crippen molar-refractivity contribution in [3.05, 3.63) is 84.8 Å². The molecule has 4 aromatic rings. The normalized spacial score (nSPS) is 11.1. The van der Waals surface area contributed by atoms with Gasteiger partial charge >= 0.3 is 0 Å². The molecule has 8 heteroatoms. The fraction of sp³-hybridized carbons (Fsp3) is 0.0952. The maximum Gasteiger partial charge on any atom is 0.193 e. The van der Waals surface area contributed by atoms with E-state index in [-0.39, 0.29) is 24.0 Å². The van der Waals surface area contributed by atoms with Crippen LogP contribution in [0.2, 0.25) is 0 Å². The van der Waals surface area contributed by atoms with E-state index in [0.717, 1.165) is 28.7 Å². The number of aliphatic imine (C=N–C) groups is 1. The van der Waals surface area contributed by atoms with Crippen LogP contribution < -0.4 is 15.8 Å². The molecule has 2 heterocycles.